The summed E-state index contributed by atoms with van der Waals surface area (Å²) < 4.78 is 20.4. The molecule has 0 spiro atoms. The number of nitrogens with one attached hydrogen (secondary N) is 1. The molecule has 0 aliphatic carbocycles. The number of nitro groups is 1. The van der Waals surface area contributed by atoms with Crippen LogP contribution in [0.15, 0.2) is 36.4 Å². The number of carbonyl (C=O) groups is 3. The molecule has 11 nitrogen and oxygen atoms in total. The predicted octanol–water partition coefficient (Wildman–Crippen LogP) is 1.49. The molecule has 0 fully saturated rings. The molecule has 1 aliphatic heterocycles. The lowest BCUT2D eigenvalue weighted by atomic mass is 10.1. The molecule has 0 unspecified atom stereocenters. The van der Waals surface area contributed by atoms with Gasteiger partial charge in [-0.3, -0.25) is 25.0 Å². The van der Waals surface area contributed by atoms with Gasteiger partial charge in [-0.2, -0.15) is 0 Å². The summed E-state index contributed by atoms with van der Waals surface area (Å²) in [5.74, 6) is -1.91. The Morgan fingerprint density at radius 1 is 1.10 bits per heavy atom. The third-order valence-electron chi connectivity index (χ3n) is 4.02. The minimum Gasteiger partial charge on any atom is -0.497 e. The minimum absolute atomic E-state index is 0.132. The van der Waals surface area contributed by atoms with E-state index < -0.39 is 40.6 Å². The molecule has 11 heteroatoms. The fraction of sp³-hybridized carbons (Fsp3) is 0.211. The van der Waals surface area contributed by atoms with Gasteiger partial charge < -0.3 is 18.9 Å². The number of carbonyl (C=O) groups excluding carboxylic acids is 3. The van der Waals surface area contributed by atoms with Gasteiger partial charge in [0.2, 0.25) is 0 Å². The number of hydrogen-bond donors (Lipinski definition) is 1. The van der Waals surface area contributed by atoms with E-state index in [1.807, 2.05) is 0 Å². The molecule has 0 saturated carbocycles. The summed E-state index contributed by atoms with van der Waals surface area (Å²) in [5.41, 5.74) is -0.768. The molecular weight excluding hydrogens is 400 g/mol. The molecule has 1 heterocycles. The van der Waals surface area contributed by atoms with Crippen molar-refractivity contribution in [2.24, 2.45) is 0 Å². The van der Waals surface area contributed by atoms with Crippen LogP contribution in [0.5, 0.6) is 17.2 Å². The average molecular weight is 416 g/mol. The van der Waals surface area contributed by atoms with Crippen molar-refractivity contribution in [3.05, 3.63) is 57.6 Å². The maximum absolute atomic E-state index is 12.3. The van der Waals surface area contributed by atoms with Crippen LogP contribution in [0.3, 0.4) is 0 Å². The summed E-state index contributed by atoms with van der Waals surface area (Å²) in [5, 5.41) is 13.3. The van der Waals surface area contributed by atoms with E-state index >= 15 is 0 Å². The largest absolute Gasteiger partial charge is 0.497 e. The Bertz CT molecular complexity index is 1000. The zero-order valence-corrected chi connectivity index (χ0v) is 15.7. The maximum atomic E-state index is 12.3. The van der Waals surface area contributed by atoms with Crippen LogP contribution in [-0.2, 0) is 9.53 Å². The summed E-state index contributed by atoms with van der Waals surface area (Å²) in [6.07, 6.45) is 0. The van der Waals surface area contributed by atoms with Gasteiger partial charge in [-0.05, 0) is 24.3 Å². The molecule has 0 saturated heterocycles. The SMILES string of the molecule is COc1ccc(C(=O)NC(=O)COC(=O)c2cc3c(cc2[N+](=O)[O-])OCCO3)cc1. The van der Waals surface area contributed by atoms with E-state index in [4.69, 9.17) is 18.9 Å². The number of fused-ring (bicyclic) bond motifs is 1. The second-order valence-corrected chi connectivity index (χ2v) is 5.95. The Morgan fingerprint density at radius 2 is 1.73 bits per heavy atom. The van der Waals surface area contributed by atoms with Gasteiger partial charge in [-0.15, -0.1) is 0 Å². The standard InChI is InChI=1S/C19H16N2O9/c1-27-12-4-2-11(3-5-12)18(23)20-17(22)10-30-19(24)13-8-15-16(29-7-6-28-15)9-14(13)21(25)26/h2-5,8-9H,6-7,10H2,1H3,(H,20,22,23). The number of rotatable bonds is 6. The van der Waals surface area contributed by atoms with Crippen LogP contribution >= 0.6 is 0 Å². The van der Waals surface area contributed by atoms with Crippen molar-refractivity contribution in [3.63, 3.8) is 0 Å². The first-order chi connectivity index (χ1) is 14.4. The van der Waals surface area contributed by atoms with Crippen molar-refractivity contribution >= 4 is 23.5 Å². The summed E-state index contributed by atoms with van der Waals surface area (Å²) in [6.45, 7) is -0.377. The summed E-state index contributed by atoms with van der Waals surface area (Å²) in [7, 11) is 1.47. The van der Waals surface area contributed by atoms with Gasteiger partial charge in [-0.25, -0.2) is 4.79 Å². The number of amides is 2. The molecule has 0 bridgehead atoms. The monoisotopic (exact) mass is 416 g/mol. The van der Waals surface area contributed by atoms with Crippen molar-refractivity contribution in [2.75, 3.05) is 26.9 Å². The van der Waals surface area contributed by atoms with E-state index in [1.165, 1.54) is 19.2 Å². The van der Waals surface area contributed by atoms with E-state index in [1.54, 1.807) is 12.1 Å². The molecule has 2 aromatic rings. The first-order valence-corrected chi connectivity index (χ1v) is 8.62. The lowest BCUT2D eigenvalue weighted by Gasteiger charge is -2.18. The number of esters is 1. The Hall–Kier alpha value is -4.15. The van der Waals surface area contributed by atoms with E-state index in [0.717, 1.165) is 12.1 Å². The molecule has 1 aliphatic rings. The average Bonchev–Trinajstić information content (AvgIpc) is 2.76. The van der Waals surface area contributed by atoms with Crippen molar-refractivity contribution in [2.45, 2.75) is 0 Å². The van der Waals surface area contributed by atoms with Gasteiger partial charge in [0.05, 0.1) is 18.1 Å². The van der Waals surface area contributed by atoms with Gasteiger partial charge in [0.15, 0.2) is 18.1 Å². The van der Waals surface area contributed by atoms with E-state index in [0.29, 0.717) is 5.75 Å². The molecule has 3 rings (SSSR count). The first kappa shape index (κ1) is 20.6. The molecule has 2 aromatic carbocycles. The highest BCUT2D eigenvalue weighted by molar-refractivity contribution is 6.05. The highest BCUT2D eigenvalue weighted by Crippen LogP contribution is 2.36. The number of hydrogen-bond acceptors (Lipinski definition) is 9. The molecule has 0 atom stereocenters. The number of benzene rings is 2. The number of nitro benzene ring substituents is 1. The lowest BCUT2D eigenvalue weighted by molar-refractivity contribution is -0.385. The third kappa shape index (κ3) is 4.63. The van der Waals surface area contributed by atoms with Gasteiger partial charge in [0, 0.05) is 11.6 Å². The molecule has 156 valence electrons. The third-order valence-corrected chi connectivity index (χ3v) is 4.02. The van der Waals surface area contributed by atoms with Crippen LogP contribution in [-0.4, -0.2) is 49.6 Å². The van der Waals surface area contributed by atoms with Crippen LogP contribution in [0.2, 0.25) is 0 Å². The van der Waals surface area contributed by atoms with Crippen LogP contribution in [0.1, 0.15) is 20.7 Å². The van der Waals surface area contributed by atoms with Crippen LogP contribution in [0.25, 0.3) is 0 Å². The predicted molar refractivity (Wildman–Crippen MR) is 99.8 cm³/mol. The Balaban J connectivity index is 1.64. The quantitative estimate of drug-likeness (QED) is 0.421. The lowest BCUT2D eigenvalue weighted by Crippen LogP contribution is -2.34. The number of methoxy groups -OCH3 is 1. The molecule has 1 N–H and O–H groups in total. The molecule has 30 heavy (non-hydrogen) atoms. The first-order valence-electron chi connectivity index (χ1n) is 8.62. The van der Waals surface area contributed by atoms with Gasteiger partial charge in [0.25, 0.3) is 17.5 Å². The molecule has 0 aromatic heterocycles. The highest BCUT2D eigenvalue weighted by atomic mass is 16.6. The maximum Gasteiger partial charge on any atom is 0.345 e. The Kier molecular flexibility index (Phi) is 6.11. The topological polar surface area (TPSA) is 143 Å². The Morgan fingerprint density at radius 3 is 2.33 bits per heavy atom. The fourth-order valence-electron chi connectivity index (χ4n) is 2.58. The van der Waals surface area contributed by atoms with Crippen molar-refractivity contribution < 1.29 is 38.3 Å². The van der Waals surface area contributed by atoms with E-state index in [-0.39, 0.29) is 30.3 Å². The zero-order chi connectivity index (χ0) is 21.7. The Labute approximate surface area is 169 Å². The second-order valence-electron chi connectivity index (χ2n) is 5.95. The van der Waals surface area contributed by atoms with Crippen LogP contribution in [0, 0.1) is 10.1 Å². The van der Waals surface area contributed by atoms with Crippen LogP contribution in [0.4, 0.5) is 5.69 Å². The smallest absolute Gasteiger partial charge is 0.345 e. The fourth-order valence-corrected chi connectivity index (χ4v) is 2.58. The number of imide groups is 1. The molecule has 2 amide bonds. The van der Waals surface area contributed by atoms with Crippen molar-refractivity contribution in [1.29, 1.82) is 0 Å². The summed E-state index contributed by atoms with van der Waals surface area (Å²) >= 11 is 0. The number of ether oxygens (including phenoxy) is 4. The van der Waals surface area contributed by atoms with Gasteiger partial charge >= 0.3 is 5.97 Å². The van der Waals surface area contributed by atoms with Crippen molar-refractivity contribution in [1.82, 2.24) is 5.32 Å². The van der Waals surface area contributed by atoms with Crippen LogP contribution < -0.4 is 19.5 Å². The molecule has 0 radical (unpaired) electrons. The molecular formula is C19H16N2O9. The zero-order valence-electron chi connectivity index (χ0n) is 15.7. The van der Waals surface area contributed by atoms with E-state index in [9.17, 15) is 24.5 Å². The van der Waals surface area contributed by atoms with Gasteiger partial charge in [-0.1, -0.05) is 0 Å². The summed E-state index contributed by atoms with van der Waals surface area (Å²) in [4.78, 5) is 46.7. The number of nitrogens with zero attached hydrogens (tertiary/aromatic N) is 1. The van der Waals surface area contributed by atoms with Crippen molar-refractivity contribution in [3.8, 4) is 17.2 Å². The normalized spacial score (nSPS) is 11.9. The van der Waals surface area contributed by atoms with Gasteiger partial charge in [0.1, 0.15) is 24.5 Å². The second kappa shape index (κ2) is 8.90. The highest BCUT2D eigenvalue weighted by Gasteiger charge is 2.28. The minimum atomic E-state index is -1.12. The summed E-state index contributed by atoms with van der Waals surface area (Å²) in [6, 6.07) is 8.16. The van der Waals surface area contributed by atoms with E-state index in [2.05, 4.69) is 5.32 Å².